The second-order valence-corrected chi connectivity index (χ2v) is 7.30. The molecular formula is C20H17BrN2O2S. The molecule has 0 aliphatic rings. The van der Waals surface area contributed by atoms with Crippen molar-refractivity contribution in [1.82, 2.24) is 5.43 Å². The van der Waals surface area contributed by atoms with Crippen molar-refractivity contribution in [2.45, 2.75) is 5.75 Å². The van der Waals surface area contributed by atoms with E-state index < -0.39 is 0 Å². The minimum Gasteiger partial charge on any atom is -0.459 e. The van der Waals surface area contributed by atoms with Gasteiger partial charge in [-0.05, 0) is 36.1 Å². The first-order chi connectivity index (χ1) is 12.7. The van der Waals surface area contributed by atoms with Crippen LogP contribution in [0.1, 0.15) is 27.2 Å². The van der Waals surface area contributed by atoms with Crippen molar-refractivity contribution in [3.05, 3.63) is 93.9 Å². The van der Waals surface area contributed by atoms with Crippen molar-refractivity contribution in [3.8, 4) is 0 Å². The molecule has 0 unspecified atom stereocenters. The summed E-state index contributed by atoms with van der Waals surface area (Å²) in [6, 6.07) is 19.3. The lowest BCUT2D eigenvalue weighted by atomic mass is 10.0. The van der Waals surface area contributed by atoms with Crippen LogP contribution in [0, 0.1) is 0 Å². The quantitative estimate of drug-likeness (QED) is 0.439. The Morgan fingerprint density at radius 1 is 1.08 bits per heavy atom. The average Bonchev–Trinajstić information content (AvgIpc) is 3.19. The second kappa shape index (κ2) is 8.87. The van der Waals surface area contributed by atoms with E-state index in [9.17, 15) is 4.79 Å². The van der Waals surface area contributed by atoms with Crippen molar-refractivity contribution in [3.63, 3.8) is 0 Å². The normalized spacial score (nSPS) is 11.4. The van der Waals surface area contributed by atoms with Gasteiger partial charge in [-0.1, -0.05) is 52.3 Å². The summed E-state index contributed by atoms with van der Waals surface area (Å²) in [5.41, 5.74) is 6.35. The average molecular weight is 429 g/mol. The van der Waals surface area contributed by atoms with Crippen molar-refractivity contribution in [1.29, 1.82) is 0 Å². The number of hydrogen-bond acceptors (Lipinski definition) is 4. The summed E-state index contributed by atoms with van der Waals surface area (Å²) in [6.45, 7) is 0. The summed E-state index contributed by atoms with van der Waals surface area (Å²) >= 11 is 5.22. The number of hydrogen-bond donors (Lipinski definition) is 1. The highest BCUT2D eigenvalue weighted by Crippen LogP contribution is 2.17. The van der Waals surface area contributed by atoms with E-state index in [-0.39, 0.29) is 11.7 Å². The number of nitrogens with one attached hydrogen (secondary N) is 1. The number of benzene rings is 2. The molecule has 0 aliphatic carbocycles. The summed E-state index contributed by atoms with van der Waals surface area (Å²) in [4.78, 5) is 12.1. The van der Waals surface area contributed by atoms with Crippen LogP contribution in [0.2, 0.25) is 0 Å². The van der Waals surface area contributed by atoms with Crippen LogP contribution >= 0.6 is 27.7 Å². The maximum absolute atomic E-state index is 12.1. The van der Waals surface area contributed by atoms with E-state index >= 15 is 0 Å². The third-order valence-electron chi connectivity index (χ3n) is 3.67. The number of furan rings is 1. The van der Waals surface area contributed by atoms with Gasteiger partial charge in [0.1, 0.15) is 0 Å². The molecule has 0 aliphatic heterocycles. The largest absolute Gasteiger partial charge is 0.459 e. The smallest absolute Gasteiger partial charge is 0.307 e. The third-order valence-corrected chi connectivity index (χ3v) is 4.82. The van der Waals surface area contributed by atoms with Gasteiger partial charge >= 0.3 is 5.91 Å². The molecule has 0 saturated heterocycles. The summed E-state index contributed by atoms with van der Waals surface area (Å²) in [6.07, 6.45) is 3.53. The second-order valence-electron chi connectivity index (χ2n) is 5.52. The molecule has 0 radical (unpaired) electrons. The van der Waals surface area contributed by atoms with Crippen LogP contribution in [-0.2, 0) is 5.75 Å². The maximum Gasteiger partial charge on any atom is 0.307 e. The van der Waals surface area contributed by atoms with Gasteiger partial charge in [0.2, 0.25) is 0 Å². The number of halogens is 1. The predicted molar refractivity (Wildman–Crippen MR) is 110 cm³/mol. The van der Waals surface area contributed by atoms with Crippen molar-refractivity contribution >= 4 is 39.3 Å². The molecule has 6 heteroatoms. The summed E-state index contributed by atoms with van der Waals surface area (Å²) in [7, 11) is 0. The number of carbonyl (C=O) groups is 1. The van der Waals surface area contributed by atoms with Crippen molar-refractivity contribution in [2.24, 2.45) is 5.10 Å². The first-order valence-corrected chi connectivity index (χ1v) is 10.1. The van der Waals surface area contributed by atoms with Gasteiger partial charge in [0.05, 0.1) is 12.0 Å². The Hall–Kier alpha value is -2.31. The van der Waals surface area contributed by atoms with E-state index in [1.165, 1.54) is 11.8 Å². The lowest BCUT2D eigenvalue weighted by molar-refractivity contribution is 0.0927. The monoisotopic (exact) mass is 428 g/mol. The Kier molecular flexibility index (Phi) is 6.30. The van der Waals surface area contributed by atoms with Crippen molar-refractivity contribution in [2.75, 3.05) is 6.26 Å². The lowest BCUT2D eigenvalue weighted by Crippen LogP contribution is -2.20. The van der Waals surface area contributed by atoms with Gasteiger partial charge in [-0.2, -0.15) is 16.9 Å². The fraction of sp³-hybridized carbons (Fsp3) is 0.100. The summed E-state index contributed by atoms with van der Waals surface area (Å²) in [5.74, 6) is 0.795. The minimum atomic E-state index is -0.386. The molecule has 3 rings (SSSR count). The van der Waals surface area contributed by atoms with Gasteiger partial charge in [0.25, 0.3) is 0 Å². The van der Waals surface area contributed by atoms with Crippen LogP contribution in [0.3, 0.4) is 0 Å². The van der Waals surface area contributed by atoms with E-state index in [1.54, 1.807) is 23.9 Å². The fourth-order valence-corrected chi connectivity index (χ4v) is 3.19. The van der Waals surface area contributed by atoms with Crippen LogP contribution in [0.4, 0.5) is 0 Å². The summed E-state index contributed by atoms with van der Waals surface area (Å²) < 4.78 is 6.09. The zero-order valence-electron chi connectivity index (χ0n) is 14.1. The van der Waals surface area contributed by atoms with Crippen LogP contribution in [0.15, 0.2) is 80.9 Å². The number of amides is 1. The van der Waals surface area contributed by atoms with Crippen LogP contribution in [0.5, 0.6) is 0 Å². The highest BCUT2D eigenvalue weighted by atomic mass is 79.9. The standard InChI is InChI=1S/C20H17BrN2O2S/c1-26-13-14-4-6-15(7-5-14)19(16-8-10-17(21)11-9-16)22-23-20(24)18-3-2-12-25-18/h2-12H,13H2,1H3,(H,23,24). The Morgan fingerprint density at radius 2 is 1.73 bits per heavy atom. The van der Waals surface area contributed by atoms with Gasteiger partial charge in [-0.3, -0.25) is 4.79 Å². The molecule has 2 aromatic carbocycles. The Bertz CT molecular complexity index is 889. The molecule has 1 aromatic heterocycles. The van der Waals surface area contributed by atoms with E-state index in [0.717, 1.165) is 21.4 Å². The summed E-state index contributed by atoms with van der Waals surface area (Å²) in [5, 5.41) is 4.36. The molecule has 132 valence electrons. The molecule has 0 atom stereocenters. The van der Waals surface area contributed by atoms with Gasteiger partial charge in [0.15, 0.2) is 5.76 Å². The van der Waals surface area contributed by atoms with Crippen LogP contribution in [-0.4, -0.2) is 17.9 Å². The van der Waals surface area contributed by atoms with E-state index in [4.69, 9.17) is 4.42 Å². The van der Waals surface area contributed by atoms with E-state index in [1.807, 2.05) is 36.4 Å². The van der Waals surface area contributed by atoms with Gasteiger partial charge in [0, 0.05) is 21.4 Å². The number of rotatable bonds is 6. The molecule has 0 bridgehead atoms. The topological polar surface area (TPSA) is 54.6 Å². The highest BCUT2D eigenvalue weighted by Gasteiger charge is 2.11. The predicted octanol–water partition coefficient (Wildman–Crippen LogP) is 5.09. The number of thioether (sulfide) groups is 1. The Morgan fingerprint density at radius 3 is 2.31 bits per heavy atom. The Balaban J connectivity index is 1.92. The molecule has 1 amide bonds. The van der Waals surface area contributed by atoms with Gasteiger partial charge < -0.3 is 4.42 Å². The van der Waals surface area contributed by atoms with Gasteiger partial charge in [-0.25, -0.2) is 5.43 Å². The minimum absolute atomic E-state index is 0.222. The zero-order chi connectivity index (χ0) is 18.4. The molecule has 26 heavy (non-hydrogen) atoms. The zero-order valence-corrected chi connectivity index (χ0v) is 16.5. The van der Waals surface area contributed by atoms with Crippen LogP contribution < -0.4 is 5.43 Å². The molecular weight excluding hydrogens is 412 g/mol. The van der Waals surface area contributed by atoms with E-state index in [2.05, 4.69) is 44.8 Å². The molecule has 0 saturated carbocycles. The van der Waals surface area contributed by atoms with E-state index in [0.29, 0.717) is 5.71 Å². The molecule has 1 heterocycles. The maximum atomic E-state index is 12.1. The van der Waals surface area contributed by atoms with Crippen molar-refractivity contribution < 1.29 is 9.21 Å². The van der Waals surface area contributed by atoms with Crippen LogP contribution in [0.25, 0.3) is 0 Å². The number of nitrogens with zero attached hydrogens (tertiary/aromatic N) is 1. The number of hydrazone groups is 1. The Labute approximate surface area is 164 Å². The number of carbonyl (C=O) groups excluding carboxylic acids is 1. The SMILES string of the molecule is CSCc1ccc(C(=NNC(=O)c2ccco2)c2ccc(Br)cc2)cc1. The first-order valence-electron chi connectivity index (χ1n) is 7.93. The fourth-order valence-electron chi connectivity index (χ4n) is 2.40. The first kappa shape index (κ1) is 18.5. The molecule has 3 aromatic rings. The molecule has 1 N–H and O–H groups in total. The highest BCUT2D eigenvalue weighted by molar-refractivity contribution is 9.10. The molecule has 0 fully saturated rings. The molecule has 0 spiro atoms. The third kappa shape index (κ3) is 4.65. The van der Waals surface area contributed by atoms with Gasteiger partial charge in [-0.15, -0.1) is 0 Å². The lowest BCUT2D eigenvalue weighted by Gasteiger charge is -2.09. The molecule has 4 nitrogen and oxygen atoms in total.